The van der Waals surface area contributed by atoms with Crippen molar-refractivity contribution in [1.29, 1.82) is 0 Å². The summed E-state index contributed by atoms with van der Waals surface area (Å²) in [4.78, 5) is 12.3. The van der Waals surface area contributed by atoms with Gasteiger partial charge in [0.05, 0.1) is 5.92 Å². The van der Waals surface area contributed by atoms with E-state index in [2.05, 4.69) is 15.9 Å². The van der Waals surface area contributed by atoms with Crippen LogP contribution in [0.2, 0.25) is 0 Å². The first-order chi connectivity index (χ1) is 9.04. The maximum atomic E-state index is 12.8. The lowest BCUT2D eigenvalue weighted by atomic mass is 9.95. The van der Waals surface area contributed by atoms with Gasteiger partial charge in [-0.25, -0.2) is 4.39 Å². The molecule has 0 bridgehead atoms. The third kappa shape index (κ3) is 4.14. The number of thiophene rings is 1. The topological polar surface area (TPSA) is 37.3 Å². The standard InChI is InChI=1S/C14H12BrFO2S/c15-11-7-13(19-8-11)6-10(14(17)18)5-9-1-3-12(16)4-2-9/h1-4,7-8,10H,5-6H2,(H,17,18). The molecule has 0 aliphatic carbocycles. The van der Waals surface area contributed by atoms with Gasteiger partial charge in [0.15, 0.2) is 0 Å². The summed E-state index contributed by atoms with van der Waals surface area (Å²) in [5.74, 6) is -1.62. The Bertz CT molecular complexity index is 565. The summed E-state index contributed by atoms with van der Waals surface area (Å²) in [5, 5.41) is 11.2. The average Bonchev–Trinajstić information content (AvgIpc) is 2.76. The molecule has 100 valence electrons. The van der Waals surface area contributed by atoms with Crippen LogP contribution in [0.3, 0.4) is 0 Å². The molecule has 0 fully saturated rings. The second-order valence-electron chi connectivity index (χ2n) is 4.30. The highest BCUT2D eigenvalue weighted by Gasteiger charge is 2.19. The minimum absolute atomic E-state index is 0.308. The van der Waals surface area contributed by atoms with Crippen LogP contribution >= 0.6 is 27.3 Å². The van der Waals surface area contributed by atoms with Crippen molar-refractivity contribution in [3.8, 4) is 0 Å². The largest absolute Gasteiger partial charge is 0.481 e. The SMILES string of the molecule is O=C(O)C(Cc1ccc(F)cc1)Cc1cc(Br)cs1. The molecule has 5 heteroatoms. The van der Waals surface area contributed by atoms with E-state index >= 15 is 0 Å². The number of carboxylic acids is 1. The lowest BCUT2D eigenvalue weighted by Crippen LogP contribution is -2.18. The molecule has 2 aromatic rings. The summed E-state index contributed by atoms with van der Waals surface area (Å²) >= 11 is 4.89. The maximum Gasteiger partial charge on any atom is 0.307 e. The minimum Gasteiger partial charge on any atom is -0.481 e. The van der Waals surface area contributed by atoms with Crippen molar-refractivity contribution in [2.24, 2.45) is 5.92 Å². The van der Waals surface area contributed by atoms with Gasteiger partial charge in [0.1, 0.15) is 5.82 Å². The molecule has 1 aromatic carbocycles. The summed E-state index contributed by atoms with van der Waals surface area (Å²) in [6.45, 7) is 0. The van der Waals surface area contributed by atoms with Crippen LogP contribution in [0.5, 0.6) is 0 Å². The van der Waals surface area contributed by atoms with Gasteiger partial charge in [-0.1, -0.05) is 12.1 Å². The smallest absolute Gasteiger partial charge is 0.307 e. The Labute approximate surface area is 123 Å². The van der Waals surface area contributed by atoms with E-state index in [1.807, 2.05) is 11.4 Å². The first kappa shape index (κ1) is 14.2. The van der Waals surface area contributed by atoms with Crippen LogP contribution in [0.4, 0.5) is 4.39 Å². The second-order valence-corrected chi connectivity index (χ2v) is 6.21. The van der Waals surface area contributed by atoms with E-state index in [0.717, 1.165) is 14.9 Å². The fourth-order valence-electron chi connectivity index (χ4n) is 1.86. The Morgan fingerprint density at radius 1 is 1.32 bits per heavy atom. The van der Waals surface area contributed by atoms with Gasteiger partial charge in [0.25, 0.3) is 0 Å². The summed E-state index contributed by atoms with van der Waals surface area (Å²) in [6, 6.07) is 7.92. The van der Waals surface area contributed by atoms with Crippen molar-refractivity contribution in [3.05, 3.63) is 56.4 Å². The Morgan fingerprint density at radius 2 is 2.00 bits per heavy atom. The molecule has 0 saturated heterocycles. The molecular formula is C14H12BrFO2S. The van der Waals surface area contributed by atoms with Crippen molar-refractivity contribution in [3.63, 3.8) is 0 Å². The van der Waals surface area contributed by atoms with Crippen LogP contribution in [0, 0.1) is 11.7 Å². The molecule has 1 unspecified atom stereocenters. The quantitative estimate of drug-likeness (QED) is 0.886. The number of aliphatic carboxylic acids is 1. The molecule has 0 amide bonds. The molecule has 1 heterocycles. The summed E-state index contributed by atoms with van der Waals surface area (Å²) in [7, 11) is 0. The molecule has 1 atom stereocenters. The lowest BCUT2D eigenvalue weighted by Gasteiger charge is -2.11. The van der Waals surface area contributed by atoms with Crippen LogP contribution in [0.25, 0.3) is 0 Å². The lowest BCUT2D eigenvalue weighted by molar-refractivity contribution is -0.141. The van der Waals surface area contributed by atoms with Gasteiger partial charge in [-0.2, -0.15) is 0 Å². The number of halogens is 2. The van der Waals surface area contributed by atoms with Crippen LogP contribution in [0.1, 0.15) is 10.4 Å². The van der Waals surface area contributed by atoms with Gasteiger partial charge in [0.2, 0.25) is 0 Å². The molecule has 1 N–H and O–H groups in total. The first-order valence-electron chi connectivity index (χ1n) is 5.75. The molecule has 1 aromatic heterocycles. The first-order valence-corrected chi connectivity index (χ1v) is 7.42. The van der Waals surface area contributed by atoms with Gasteiger partial charge >= 0.3 is 5.97 Å². The molecule has 19 heavy (non-hydrogen) atoms. The van der Waals surface area contributed by atoms with Gasteiger partial charge in [-0.3, -0.25) is 4.79 Å². The Balaban J connectivity index is 2.08. The molecule has 0 aliphatic heterocycles. The van der Waals surface area contributed by atoms with Crippen LogP contribution in [-0.2, 0) is 17.6 Å². The van der Waals surface area contributed by atoms with E-state index < -0.39 is 11.9 Å². The number of benzene rings is 1. The van der Waals surface area contributed by atoms with Crippen molar-refractivity contribution in [2.45, 2.75) is 12.8 Å². The zero-order chi connectivity index (χ0) is 13.8. The van der Waals surface area contributed by atoms with Gasteiger partial charge in [-0.15, -0.1) is 11.3 Å². The number of hydrogen-bond acceptors (Lipinski definition) is 2. The normalized spacial score (nSPS) is 12.3. The van der Waals surface area contributed by atoms with Crippen LogP contribution in [0.15, 0.2) is 40.2 Å². The highest BCUT2D eigenvalue weighted by atomic mass is 79.9. The number of carboxylic acid groups (broad SMARTS) is 1. The second kappa shape index (κ2) is 6.30. The molecule has 2 rings (SSSR count). The van der Waals surface area contributed by atoms with Gasteiger partial charge in [0, 0.05) is 14.7 Å². The average molecular weight is 343 g/mol. The minimum atomic E-state index is -0.825. The summed E-state index contributed by atoms with van der Waals surface area (Å²) in [5.41, 5.74) is 0.837. The van der Waals surface area contributed by atoms with Crippen LogP contribution < -0.4 is 0 Å². The Kier molecular flexibility index (Phi) is 4.71. The van der Waals surface area contributed by atoms with E-state index in [0.29, 0.717) is 12.8 Å². The predicted octanol–water partition coefficient (Wildman–Crippen LogP) is 4.14. The van der Waals surface area contributed by atoms with Gasteiger partial charge in [-0.05, 0) is 52.5 Å². The number of carbonyl (C=O) groups is 1. The zero-order valence-corrected chi connectivity index (χ0v) is 12.4. The molecule has 0 radical (unpaired) electrons. The third-order valence-electron chi connectivity index (χ3n) is 2.81. The highest BCUT2D eigenvalue weighted by Crippen LogP contribution is 2.24. The Morgan fingerprint density at radius 3 is 2.53 bits per heavy atom. The molecule has 2 nitrogen and oxygen atoms in total. The number of rotatable bonds is 5. The summed E-state index contributed by atoms with van der Waals surface area (Å²) < 4.78 is 13.8. The van der Waals surface area contributed by atoms with E-state index in [4.69, 9.17) is 0 Å². The monoisotopic (exact) mass is 342 g/mol. The van der Waals surface area contributed by atoms with Gasteiger partial charge < -0.3 is 5.11 Å². The van der Waals surface area contributed by atoms with E-state index in [1.54, 1.807) is 12.1 Å². The van der Waals surface area contributed by atoms with E-state index in [9.17, 15) is 14.3 Å². The van der Waals surface area contributed by atoms with Crippen molar-refractivity contribution in [1.82, 2.24) is 0 Å². The zero-order valence-electron chi connectivity index (χ0n) is 9.98. The number of hydrogen-bond donors (Lipinski definition) is 1. The van der Waals surface area contributed by atoms with Crippen LogP contribution in [-0.4, -0.2) is 11.1 Å². The van der Waals surface area contributed by atoms with Crippen molar-refractivity contribution >= 4 is 33.2 Å². The molecule has 0 aliphatic rings. The summed E-state index contributed by atoms with van der Waals surface area (Å²) in [6.07, 6.45) is 0.897. The van der Waals surface area contributed by atoms with Crippen molar-refractivity contribution in [2.75, 3.05) is 0 Å². The van der Waals surface area contributed by atoms with Crippen molar-refractivity contribution < 1.29 is 14.3 Å². The predicted molar refractivity (Wildman–Crippen MR) is 77.0 cm³/mol. The van der Waals surface area contributed by atoms with E-state index in [1.165, 1.54) is 23.5 Å². The molecule has 0 saturated carbocycles. The van der Waals surface area contributed by atoms with E-state index in [-0.39, 0.29) is 5.82 Å². The fraction of sp³-hybridized carbons (Fsp3) is 0.214. The Hall–Kier alpha value is -1.20. The maximum absolute atomic E-state index is 12.8. The molecular weight excluding hydrogens is 331 g/mol. The third-order valence-corrected chi connectivity index (χ3v) is 4.53. The highest BCUT2D eigenvalue weighted by molar-refractivity contribution is 9.10. The molecule has 0 spiro atoms. The fourth-order valence-corrected chi connectivity index (χ4v) is 3.39.